The highest BCUT2D eigenvalue weighted by Gasteiger charge is 2.74. The van der Waals surface area contributed by atoms with Crippen molar-refractivity contribution in [1.82, 2.24) is 25.1 Å². The molecule has 0 spiro atoms. The van der Waals surface area contributed by atoms with E-state index in [9.17, 15) is 35.9 Å². The lowest BCUT2D eigenvalue weighted by molar-refractivity contribution is -0.138. The van der Waals surface area contributed by atoms with Gasteiger partial charge in [0.05, 0.1) is 37.9 Å². The standard InChI is InChI=1S/C22H25F6N7O3/c1-13(32-15-10-31-33-18(37)17(15)22(26,27)28)11-38-7-2-16(36)34-3-5-35(6-4-34)19-29-8-14(9-30-19)20(23)12-21(20,24)25/h8-10,13H,2-7,11-12H2,1H3,(H2,32,33,37)/t13?,20-/m0/s1. The first-order valence-electron chi connectivity index (χ1n) is 11.7. The number of aromatic nitrogens is 4. The third kappa shape index (κ3) is 5.84. The molecule has 3 heterocycles. The second-order valence-electron chi connectivity index (χ2n) is 9.18. The van der Waals surface area contributed by atoms with E-state index in [-0.39, 0.29) is 37.1 Å². The lowest BCUT2D eigenvalue weighted by Gasteiger charge is -2.34. The number of piperazine rings is 1. The first-order chi connectivity index (χ1) is 17.8. The number of halogens is 6. The van der Waals surface area contributed by atoms with Crippen LogP contribution >= 0.6 is 0 Å². The van der Waals surface area contributed by atoms with Gasteiger partial charge < -0.3 is 19.9 Å². The topological polar surface area (TPSA) is 116 Å². The van der Waals surface area contributed by atoms with Crippen LogP contribution in [0, 0.1) is 0 Å². The molecular weight excluding hydrogens is 524 g/mol. The Hall–Kier alpha value is -3.43. The number of hydrogen-bond donors (Lipinski definition) is 2. The van der Waals surface area contributed by atoms with Gasteiger partial charge in [-0.15, -0.1) is 0 Å². The van der Waals surface area contributed by atoms with E-state index in [4.69, 9.17) is 4.74 Å². The summed E-state index contributed by atoms with van der Waals surface area (Å²) >= 11 is 0. The summed E-state index contributed by atoms with van der Waals surface area (Å²) in [5, 5.41) is 7.69. The Balaban J connectivity index is 1.18. The zero-order valence-electron chi connectivity index (χ0n) is 20.2. The fraction of sp³-hybridized carbons (Fsp3) is 0.591. The number of anilines is 2. The van der Waals surface area contributed by atoms with Crippen LogP contribution in [0.3, 0.4) is 0 Å². The van der Waals surface area contributed by atoms with Crippen LogP contribution < -0.4 is 15.8 Å². The van der Waals surface area contributed by atoms with Crippen molar-refractivity contribution in [1.29, 1.82) is 0 Å². The average molecular weight is 549 g/mol. The highest BCUT2D eigenvalue weighted by molar-refractivity contribution is 5.76. The second kappa shape index (κ2) is 10.4. The van der Waals surface area contributed by atoms with Crippen molar-refractivity contribution >= 4 is 17.5 Å². The maximum atomic E-state index is 14.1. The number of carbonyl (C=O) groups excluding carboxylic acids is 1. The molecule has 1 amide bonds. The van der Waals surface area contributed by atoms with Crippen LogP contribution in [-0.4, -0.2) is 82.3 Å². The second-order valence-corrected chi connectivity index (χ2v) is 9.18. The lowest BCUT2D eigenvalue weighted by Crippen LogP contribution is -2.49. The zero-order valence-corrected chi connectivity index (χ0v) is 20.2. The molecule has 1 saturated heterocycles. The predicted molar refractivity (Wildman–Crippen MR) is 122 cm³/mol. The molecule has 2 atom stereocenters. The molecule has 0 bridgehead atoms. The molecule has 2 fully saturated rings. The first-order valence-corrected chi connectivity index (χ1v) is 11.7. The van der Waals surface area contributed by atoms with Crippen LogP contribution in [0.5, 0.6) is 0 Å². The number of nitrogens with one attached hydrogen (secondary N) is 2. The number of amides is 1. The van der Waals surface area contributed by atoms with E-state index in [0.29, 0.717) is 26.2 Å². The van der Waals surface area contributed by atoms with Crippen LogP contribution in [0.1, 0.15) is 30.9 Å². The van der Waals surface area contributed by atoms with Gasteiger partial charge in [0.25, 0.3) is 11.5 Å². The third-order valence-corrected chi connectivity index (χ3v) is 6.30. The van der Waals surface area contributed by atoms with E-state index in [0.717, 1.165) is 18.6 Å². The van der Waals surface area contributed by atoms with Gasteiger partial charge in [0.1, 0.15) is 5.56 Å². The molecule has 0 aromatic carbocycles. The van der Waals surface area contributed by atoms with Crippen molar-refractivity contribution in [3.05, 3.63) is 40.1 Å². The van der Waals surface area contributed by atoms with Crippen LogP contribution in [0.15, 0.2) is 23.4 Å². The van der Waals surface area contributed by atoms with Gasteiger partial charge >= 0.3 is 6.18 Å². The Labute approximate surface area is 212 Å². The number of carbonyl (C=O) groups is 1. The van der Waals surface area contributed by atoms with Gasteiger partial charge in [0, 0.05) is 50.2 Å². The monoisotopic (exact) mass is 549 g/mol. The number of ether oxygens (including phenoxy) is 1. The molecule has 38 heavy (non-hydrogen) atoms. The smallest absolute Gasteiger partial charge is 0.379 e. The van der Waals surface area contributed by atoms with E-state index in [1.165, 1.54) is 0 Å². The Morgan fingerprint density at radius 3 is 2.37 bits per heavy atom. The molecule has 2 N–H and O–H groups in total. The normalized spacial score (nSPS) is 21.8. The van der Waals surface area contributed by atoms with E-state index >= 15 is 0 Å². The van der Waals surface area contributed by atoms with E-state index in [2.05, 4.69) is 20.4 Å². The van der Waals surface area contributed by atoms with Crippen LogP contribution in [0.25, 0.3) is 0 Å². The van der Waals surface area contributed by atoms with Crippen molar-refractivity contribution in [2.45, 2.75) is 43.6 Å². The summed E-state index contributed by atoms with van der Waals surface area (Å²) < 4.78 is 85.3. The summed E-state index contributed by atoms with van der Waals surface area (Å²) in [4.78, 5) is 35.4. The maximum absolute atomic E-state index is 14.1. The minimum absolute atomic E-state index is 0.0232. The summed E-state index contributed by atoms with van der Waals surface area (Å²) in [7, 11) is 0. The predicted octanol–water partition coefficient (Wildman–Crippen LogP) is 2.34. The molecule has 2 aliphatic rings. The van der Waals surface area contributed by atoms with Crippen molar-refractivity contribution < 1.29 is 35.9 Å². The first kappa shape index (κ1) is 27.6. The summed E-state index contributed by atoms with van der Waals surface area (Å²) in [6, 6.07) is -0.608. The SMILES string of the molecule is CC(COCCC(=O)N1CCN(c2ncc([C@@]3(F)CC3(F)F)cn2)CC1)Nc1cn[nH]c(=O)c1C(F)(F)F. The number of hydrogen-bond acceptors (Lipinski definition) is 8. The zero-order chi connectivity index (χ0) is 27.7. The molecule has 1 aliphatic heterocycles. The van der Waals surface area contributed by atoms with Crippen LogP contribution in [0.2, 0.25) is 0 Å². The maximum Gasteiger partial charge on any atom is 0.423 e. The molecule has 0 radical (unpaired) electrons. The minimum Gasteiger partial charge on any atom is -0.379 e. The third-order valence-electron chi connectivity index (χ3n) is 6.30. The fourth-order valence-corrected chi connectivity index (χ4v) is 4.09. The van der Waals surface area contributed by atoms with E-state index < -0.39 is 47.0 Å². The van der Waals surface area contributed by atoms with Gasteiger partial charge in [0.15, 0.2) is 0 Å². The van der Waals surface area contributed by atoms with E-state index in [1.54, 1.807) is 21.8 Å². The Morgan fingerprint density at radius 2 is 1.79 bits per heavy atom. The number of aromatic amines is 1. The summed E-state index contributed by atoms with van der Waals surface area (Å²) in [5.74, 6) is -3.34. The largest absolute Gasteiger partial charge is 0.423 e. The molecule has 1 unspecified atom stereocenters. The minimum atomic E-state index is -4.86. The molecule has 2 aromatic rings. The molecule has 208 valence electrons. The molecule has 4 rings (SSSR count). The van der Waals surface area contributed by atoms with Crippen molar-refractivity contribution in [3.8, 4) is 0 Å². The van der Waals surface area contributed by atoms with Crippen molar-refractivity contribution in [2.24, 2.45) is 0 Å². The van der Waals surface area contributed by atoms with Crippen LogP contribution in [-0.2, 0) is 21.4 Å². The van der Waals surface area contributed by atoms with Gasteiger partial charge in [-0.25, -0.2) is 28.2 Å². The molecular formula is C22H25F6N7O3. The lowest BCUT2D eigenvalue weighted by atomic mass is 10.2. The summed E-state index contributed by atoms with van der Waals surface area (Å²) in [5.41, 5.74) is -6.19. The van der Waals surface area contributed by atoms with Gasteiger partial charge in [-0.05, 0) is 6.92 Å². The summed E-state index contributed by atoms with van der Waals surface area (Å²) in [6.45, 7) is 3.03. The quantitative estimate of drug-likeness (QED) is 0.362. The number of rotatable bonds is 9. The highest BCUT2D eigenvalue weighted by atomic mass is 19.4. The Kier molecular flexibility index (Phi) is 7.54. The molecule has 1 aliphatic carbocycles. The fourth-order valence-electron chi connectivity index (χ4n) is 4.09. The highest BCUT2D eigenvalue weighted by Crippen LogP contribution is 2.62. The molecule has 1 saturated carbocycles. The molecule has 16 heteroatoms. The number of H-pyrrole nitrogens is 1. The van der Waals surface area contributed by atoms with Gasteiger partial charge in [-0.2, -0.15) is 18.3 Å². The van der Waals surface area contributed by atoms with Gasteiger partial charge in [0.2, 0.25) is 17.5 Å². The Bertz CT molecular complexity index is 1200. The number of alkyl halides is 6. The van der Waals surface area contributed by atoms with Crippen molar-refractivity contribution in [3.63, 3.8) is 0 Å². The Morgan fingerprint density at radius 1 is 1.16 bits per heavy atom. The molecule has 2 aromatic heterocycles. The van der Waals surface area contributed by atoms with Crippen molar-refractivity contribution in [2.75, 3.05) is 49.6 Å². The average Bonchev–Trinajstić information content (AvgIpc) is 3.39. The summed E-state index contributed by atoms with van der Waals surface area (Å²) in [6.07, 6.45) is -2.71. The van der Waals surface area contributed by atoms with Gasteiger partial charge in [-0.1, -0.05) is 0 Å². The number of nitrogens with zero attached hydrogens (tertiary/aromatic N) is 5. The molecule has 10 nitrogen and oxygen atoms in total. The van der Waals surface area contributed by atoms with E-state index in [1.807, 2.05) is 0 Å². The van der Waals surface area contributed by atoms with Gasteiger partial charge in [-0.3, -0.25) is 9.59 Å². The van der Waals surface area contributed by atoms with Crippen LogP contribution in [0.4, 0.5) is 38.0 Å².